The zero-order valence-corrected chi connectivity index (χ0v) is 50.1. The fraction of sp³-hybridized carbons (Fsp3) is 0.803. The molecule has 14 nitrogen and oxygen atoms in total. The molecule has 14 heteroatoms. The molecule has 0 radical (unpaired) electrons. The maximum absolute atomic E-state index is 13.2. The highest BCUT2D eigenvalue weighted by atomic mass is 16.7. The molecule has 0 saturated carbocycles. The van der Waals surface area contributed by atoms with Gasteiger partial charge in [-0.3, -0.25) is 4.79 Å². The molecular formula is C66H117NO13. The largest absolute Gasteiger partial charge is 0.394 e. The molecule has 0 aromatic carbocycles. The Morgan fingerprint density at radius 3 is 1.38 bits per heavy atom. The number of unbranched alkanes of at least 4 members (excludes halogenated alkanes) is 28. The Hall–Kier alpha value is -2.57. The molecule has 464 valence electrons. The molecule has 2 saturated heterocycles. The summed E-state index contributed by atoms with van der Waals surface area (Å²) < 4.78 is 22.7. The molecule has 0 aromatic rings. The Bertz CT molecular complexity index is 1620. The average molecular weight is 1130 g/mol. The summed E-state index contributed by atoms with van der Waals surface area (Å²) in [5, 5.41) is 86.8. The quantitative estimate of drug-likeness (QED) is 0.0204. The van der Waals surface area contributed by atoms with E-state index in [-0.39, 0.29) is 18.9 Å². The Kier molecular flexibility index (Phi) is 46.8. The number of carbonyl (C=O) groups excluding carboxylic acids is 1. The second-order valence-corrected chi connectivity index (χ2v) is 22.5. The second-order valence-electron chi connectivity index (χ2n) is 22.5. The molecule has 0 aromatic heterocycles. The summed E-state index contributed by atoms with van der Waals surface area (Å²) in [6, 6.07) is -0.929. The van der Waals surface area contributed by atoms with E-state index in [2.05, 4.69) is 79.9 Å². The van der Waals surface area contributed by atoms with Gasteiger partial charge in [0.25, 0.3) is 0 Å². The number of allylic oxidation sites excluding steroid dienone is 11. The van der Waals surface area contributed by atoms with Gasteiger partial charge < -0.3 is 65.1 Å². The predicted molar refractivity (Wildman–Crippen MR) is 323 cm³/mol. The van der Waals surface area contributed by atoms with Gasteiger partial charge in [-0.25, -0.2) is 0 Å². The molecule has 0 bridgehead atoms. The number of hydrogen-bond donors (Lipinski definition) is 9. The molecular weight excluding hydrogens is 1010 g/mol. The van der Waals surface area contributed by atoms with Crippen LogP contribution in [0.3, 0.4) is 0 Å². The summed E-state index contributed by atoms with van der Waals surface area (Å²) in [7, 11) is 0. The maximum Gasteiger partial charge on any atom is 0.220 e. The van der Waals surface area contributed by atoms with Gasteiger partial charge >= 0.3 is 0 Å². The molecule has 2 aliphatic heterocycles. The zero-order valence-electron chi connectivity index (χ0n) is 50.1. The molecule has 2 aliphatic rings. The van der Waals surface area contributed by atoms with Gasteiger partial charge in [0.05, 0.1) is 32.0 Å². The van der Waals surface area contributed by atoms with Crippen LogP contribution in [0.2, 0.25) is 0 Å². The third-order valence-corrected chi connectivity index (χ3v) is 15.4. The number of ether oxygens (including phenoxy) is 4. The minimum absolute atomic E-state index is 0.250. The van der Waals surface area contributed by atoms with E-state index in [0.717, 1.165) is 64.2 Å². The zero-order chi connectivity index (χ0) is 58.1. The minimum Gasteiger partial charge on any atom is -0.394 e. The monoisotopic (exact) mass is 1130 g/mol. The summed E-state index contributed by atoms with van der Waals surface area (Å²) in [5.41, 5.74) is 0. The number of rotatable bonds is 51. The van der Waals surface area contributed by atoms with Crippen LogP contribution in [0.1, 0.15) is 245 Å². The van der Waals surface area contributed by atoms with Crippen LogP contribution in [0.5, 0.6) is 0 Å². The van der Waals surface area contributed by atoms with Gasteiger partial charge in [0.2, 0.25) is 5.91 Å². The van der Waals surface area contributed by atoms with Gasteiger partial charge in [0, 0.05) is 6.42 Å². The Morgan fingerprint density at radius 2 is 0.875 bits per heavy atom. The Balaban J connectivity index is 1.54. The van der Waals surface area contributed by atoms with Crippen molar-refractivity contribution in [2.24, 2.45) is 0 Å². The summed E-state index contributed by atoms with van der Waals surface area (Å²) in [4.78, 5) is 13.2. The van der Waals surface area contributed by atoms with Crippen molar-refractivity contribution in [1.29, 1.82) is 0 Å². The van der Waals surface area contributed by atoms with E-state index in [9.17, 15) is 45.6 Å². The summed E-state index contributed by atoms with van der Waals surface area (Å²) in [6.07, 6.45) is 51.5. The topological polar surface area (TPSA) is 228 Å². The number of aliphatic hydroxyl groups excluding tert-OH is 8. The number of hydrogen-bond acceptors (Lipinski definition) is 13. The molecule has 12 atom stereocenters. The lowest BCUT2D eigenvalue weighted by molar-refractivity contribution is -0.359. The van der Waals surface area contributed by atoms with Gasteiger partial charge in [-0.15, -0.1) is 0 Å². The standard InChI is InChI=1S/C66H117NO13/c1-3-5-7-9-11-13-14-15-16-17-18-19-20-21-22-23-24-25-26-27-28-29-30-31-32-33-34-35-36-37-38-39-40-42-44-46-48-50-58(71)67-54(55(70)49-47-45-43-41-12-10-8-6-4-2)53-77-65-63(76)61(74)64(57(52-69)79-65)80-66-62(75)60(73)59(72)56(51-68)78-66/h5,7,11-13,15-16,18-19,41,47,49,54-57,59-66,68-70,72-76H,3-4,6,8-10,14,17,20-40,42-46,48,50-53H2,1-2H3,(H,67,71)/b7-5-,13-11-,16-15-,19-18-,41-12+,49-47+. The first kappa shape index (κ1) is 73.5. The summed E-state index contributed by atoms with van der Waals surface area (Å²) in [6.45, 7) is 2.61. The van der Waals surface area contributed by atoms with Crippen LogP contribution in [0.4, 0.5) is 0 Å². The first-order valence-corrected chi connectivity index (χ1v) is 32.2. The predicted octanol–water partition coefficient (Wildman–Crippen LogP) is 11.9. The minimum atomic E-state index is -1.79. The molecule has 0 spiro atoms. The van der Waals surface area contributed by atoms with Gasteiger partial charge in [-0.1, -0.05) is 241 Å². The number of carbonyl (C=O) groups is 1. The van der Waals surface area contributed by atoms with Crippen LogP contribution in [0.15, 0.2) is 72.9 Å². The van der Waals surface area contributed by atoms with Crippen molar-refractivity contribution in [3.05, 3.63) is 72.9 Å². The molecule has 2 heterocycles. The second kappa shape index (κ2) is 50.9. The molecule has 2 fully saturated rings. The smallest absolute Gasteiger partial charge is 0.220 e. The Labute approximate surface area is 485 Å². The first-order valence-electron chi connectivity index (χ1n) is 32.2. The lowest BCUT2D eigenvalue weighted by Crippen LogP contribution is -2.65. The number of aliphatic hydroxyl groups is 8. The van der Waals surface area contributed by atoms with Crippen LogP contribution in [0, 0.1) is 0 Å². The molecule has 80 heavy (non-hydrogen) atoms. The third-order valence-electron chi connectivity index (χ3n) is 15.4. The lowest BCUT2D eigenvalue weighted by Gasteiger charge is -2.46. The summed E-state index contributed by atoms with van der Waals surface area (Å²) in [5.74, 6) is -0.250. The van der Waals surface area contributed by atoms with E-state index < -0.39 is 86.8 Å². The highest BCUT2D eigenvalue weighted by Gasteiger charge is 2.51. The van der Waals surface area contributed by atoms with Crippen molar-refractivity contribution in [3.63, 3.8) is 0 Å². The van der Waals surface area contributed by atoms with Gasteiger partial charge in [-0.2, -0.15) is 0 Å². The van der Waals surface area contributed by atoms with Gasteiger partial charge in [-0.05, 0) is 70.6 Å². The van der Waals surface area contributed by atoms with Crippen LogP contribution in [0.25, 0.3) is 0 Å². The highest BCUT2D eigenvalue weighted by Crippen LogP contribution is 2.30. The van der Waals surface area contributed by atoms with E-state index in [1.54, 1.807) is 6.08 Å². The molecule has 2 rings (SSSR count). The van der Waals surface area contributed by atoms with E-state index in [1.165, 1.54) is 148 Å². The Morgan fingerprint density at radius 1 is 0.463 bits per heavy atom. The van der Waals surface area contributed by atoms with E-state index in [0.29, 0.717) is 12.8 Å². The molecule has 9 N–H and O–H groups in total. The molecule has 0 aliphatic carbocycles. The van der Waals surface area contributed by atoms with Gasteiger partial charge in [0.1, 0.15) is 48.8 Å². The van der Waals surface area contributed by atoms with Gasteiger partial charge in [0.15, 0.2) is 12.6 Å². The van der Waals surface area contributed by atoms with E-state index >= 15 is 0 Å². The van der Waals surface area contributed by atoms with Crippen LogP contribution in [-0.2, 0) is 23.7 Å². The van der Waals surface area contributed by atoms with Crippen molar-refractivity contribution in [2.75, 3.05) is 19.8 Å². The number of amides is 1. The van der Waals surface area contributed by atoms with Crippen LogP contribution >= 0.6 is 0 Å². The van der Waals surface area contributed by atoms with Crippen molar-refractivity contribution in [2.45, 2.75) is 319 Å². The fourth-order valence-electron chi connectivity index (χ4n) is 10.2. The van der Waals surface area contributed by atoms with E-state index in [1.807, 2.05) is 6.08 Å². The van der Waals surface area contributed by atoms with Crippen molar-refractivity contribution < 1.29 is 64.6 Å². The molecule has 1 amide bonds. The third kappa shape index (κ3) is 35.5. The number of nitrogens with one attached hydrogen (secondary N) is 1. The average Bonchev–Trinajstić information content (AvgIpc) is 3.49. The van der Waals surface area contributed by atoms with Crippen molar-refractivity contribution in [1.82, 2.24) is 5.32 Å². The maximum atomic E-state index is 13.2. The van der Waals surface area contributed by atoms with Crippen molar-refractivity contribution >= 4 is 5.91 Å². The lowest BCUT2D eigenvalue weighted by atomic mass is 9.97. The van der Waals surface area contributed by atoms with Crippen LogP contribution < -0.4 is 5.32 Å². The fourth-order valence-corrected chi connectivity index (χ4v) is 10.2. The highest BCUT2D eigenvalue weighted by molar-refractivity contribution is 5.76. The van der Waals surface area contributed by atoms with Crippen molar-refractivity contribution in [3.8, 4) is 0 Å². The summed E-state index contributed by atoms with van der Waals surface area (Å²) >= 11 is 0. The molecule has 12 unspecified atom stereocenters. The first-order chi connectivity index (χ1) is 39.1. The SMILES string of the molecule is CC/C=C\C/C=C\C/C=C\C/C=C\CCCCCCCCCCCCCCCCCCCCCCCCCCC(=O)NC(COC1OC(CO)C(OC2OC(CO)C(O)C(O)C2O)C(O)C1O)C(O)/C=C/CC/C=C/CCCCC. The van der Waals surface area contributed by atoms with Crippen LogP contribution in [-0.4, -0.2) is 140 Å². The normalized spacial score (nSPS) is 24.7. The van der Waals surface area contributed by atoms with E-state index in [4.69, 9.17) is 18.9 Å².